The van der Waals surface area contributed by atoms with Crippen LogP contribution in [0.3, 0.4) is 0 Å². The summed E-state index contributed by atoms with van der Waals surface area (Å²) in [5, 5.41) is 3.29. The van der Waals surface area contributed by atoms with Gasteiger partial charge in [0.05, 0.1) is 5.41 Å². The summed E-state index contributed by atoms with van der Waals surface area (Å²) in [4.78, 5) is 14.9. The molecule has 0 bridgehead atoms. The van der Waals surface area contributed by atoms with Crippen molar-refractivity contribution in [3.05, 3.63) is 35.9 Å². The minimum Gasteiger partial charge on any atom is -0.340 e. The molecule has 2 aliphatic rings. The maximum absolute atomic E-state index is 12.8. The topological polar surface area (TPSA) is 32.3 Å². The van der Waals surface area contributed by atoms with Crippen molar-refractivity contribution in [3.8, 4) is 0 Å². The SMILES string of the molecule is O=C(N1CCSCC1)C1(Cc2ccccc2)CNC1. The van der Waals surface area contributed by atoms with Gasteiger partial charge in [0.1, 0.15) is 0 Å². The summed E-state index contributed by atoms with van der Waals surface area (Å²) in [6.07, 6.45) is 0.864. The summed E-state index contributed by atoms with van der Waals surface area (Å²) >= 11 is 1.95. The van der Waals surface area contributed by atoms with E-state index in [4.69, 9.17) is 0 Å². The first-order valence-corrected chi connectivity index (χ1v) is 8.07. The highest BCUT2D eigenvalue weighted by Crippen LogP contribution is 2.31. The molecule has 2 aliphatic heterocycles. The Bertz CT molecular complexity index is 439. The molecule has 0 spiro atoms. The van der Waals surface area contributed by atoms with Gasteiger partial charge in [0, 0.05) is 37.7 Å². The number of carbonyl (C=O) groups is 1. The number of nitrogens with one attached hydrogen (secondary N) is 1. The van der Waals surface area contributed by atoms with Gasteiger partial charge in [-0.05, 0) is 12.0 Å². The van der Waals surface area contributed by atoms with Crippen molar-refractivity contribution in [1.82, 2.24) is 10.2 Å². The average molecular weight is 276 g/mol. The van der Waals surface area contributed by atoms with E-state index in [1.807, 2.05) is 17.8 Å². The Morgan fingerprint density at radius 2 is 1.89 bits per heavy atom. The molecule has 0 atom stereocenters. The third-order valence-electron chi connectivity index (χ3n) is 4.06. The van der Waals surface area contributed by atoms with Gasteiger partial charge in [-0.3, -0.25) is 4.79 Å². The molecule has 0 saturated carbocycles. The van der Waals surface area contributed by atoms with E-state index in [9.17, 15) is 4.79 Å². The van der Waals surface area contributed by atoms with Gasteiger partial charge in [0.15, 0.2) is 0 Å². The molecule has 0 radical (unpaired) electrons. The largest absolute Gasteiger partial charge is 0.340 e. The number of benzene rings is 1. The molecule has 2 fully saturated rings. The van der Waals surface area contributed by atoms with E-state index in [0.29, 0.717) is 5.91 Å². The molecule has 0 aliphatic carbocycles. The van der Waals surface area contributed by atoms with Crippen LogP contribution in [0.5, 0.6) is 0 Å². The monoisotopic (exact) mass is 276 g/mol. The molecule has 4 heteroatoms. The van der Waals surface area contributed by atoms with Crippen LogP contribution in [0.2, 0.25) is 0 Å². The molecule has 1 aromatic rings. The molecule has 2 heterocycles. The summed E-state index contributed by atoms with van der Waals surface area (Å²) in [5.74, 6) is 2.52. The Morgan fingerprint density at radius 3 is 2.47 bits per heavy atom. The first kappa shape index (κ1) is 13.0. The fourth-order valence-electron chi connectivity index (χ4n) is 2.87. The molecule has 2 saturated heterocycles. The summed E-state index contributed by atoms with van der Waals surface area (Å²) in [5.41, 5.74) is 1.08. The number of hydrogen-bond acceptors (Lipinski definition) is 3. The normalized spacial score (nSPS) is 21.8. The van der Waals surface area contributed by atoms with Crippen molar-refractivity contribution in [2.45, 2.75) is 6.42 Å². The molecule has 1 aromatic carbocycles. The van der Waals surface area contributed by atoms with E-state index >= 15 is 0 Å². The van der Waals surface area contributed by atoms with Crippen LogP contribution in [-0.4, -0.2) is 48.5 Å². The van der Waals surface area contributed by atoms with Gasteiger partial charge in [0.25, 0.3) is 0 Å². The van der Waals surface area contributed by atoms with Crippen molar-refractivity contribution < 1.29 is 4.79 Å². The predicted octanol–water partition coefficient (Wildman–Crippen LogP) is 1.39. The molecular formula is C15H20N2OS. The van der Waals surface area contributed by atoms with Crippen LogP contribution in [0.15, 0.2) is 30.3 Å². The number of hydrogen-bond donors (Lipinski definition) is 1. The second-order valence-corrected chi connectivity index (χ2v) is 6.68. The van der Waals surface area contributed by atoms with Crippen LogP contribution in [0, 0.1) is 5.41 Å². The van der Waals surface area contributed by atoms with Gasteiger partial charge in [-0.2, -0.15) is 11.8 Å². The van der Waals surface area contributed by atoms with Crippen molar-refractivity contribution in [3.63, 3.8) is 0 Å². The van der Waals surface area contributed by atoms with Gasteiger partial charge < -0.3 is 10.2 Å². The molecule has 0 aromatic heterocycles. The maximum Gasteiger partial charge on any atom is 0.231 e. The fraction of sp³-hybridized carbons (Fsp3) is 0.533. The van der Waals surface area contributed by atoms with Crippen LogP contribution in [0.1, 0.15) is 5.56 Å². The zero-order valence-corrected chi connectivity index (χ0v) is 11.9. The van der Waals surface area contributed by atoms with E-state index in [-0.39, 0.29) is 5.41 Å². The lowest BCUT2D eigenvalue weighted by atomic mass is 9.75. The number of nitrogens with zero attached hydrogens (tertiary/aromatic N) is 1. The van der Waals surface area contributed by atoms with Gasteiger partial charge in [-0.1, -0.05) is 30.3 Å². The van der Waals surface area contributed by atoms with Crippen molar-refractivity contribution >= 4 is 17.7 Å². The van der Waals surface area contributed by atoms with E-state index < -0.39 is 0 Å². The Morgan fingerprint density at radius 1 is 1.21 bits per heavy atom. The van der Waals surface area contributed by atoms with E-state index in [1.54, 1.807) is 0 Å². The maximum atomic E-state index is 12.8. The lowest BCUT2D eigenvalue weighted by Crippen LogP contribution is -2.63. The quantitative estimate of drug-likeness (QED) is 0.905. The van der Waals surface area contributed by atoms with Crippen LogP contribution >= 0.6 is 11.8 Å². The summed E-state index contributed by atoms with van der Waals surface area (Å²) in [6.45, 7) is 3.48. The van der Waals surface area contributed by atoms with Gasteiger partial charge in [-0.15, -0.1) is 0 Å². The number of carbonyl (C=O) groups excluding carboxylic acids is 1. The standard InChI is InChI=1S/C15H20N2OS/c18-14(17-6-8-19-9-7-17)15(11-16-12-15)10-13-4-2-1-3-5-13/h1-5,16H,6-12H2. The first-order chi connectivity index (χ1) is 9.30. The number of thioether (sulfide) groups is 1. The Kier molecular flexibility index (Phi) is 3.80. The summed E-state index contributed by atoms with van der Waals surface area (Å²) in [6, 6.07) is 10.4. The molecule has 0 unspecified atom stereocenters. The van der Waals surface area contributed by atoms with E-state index in [0.717, 1.165) is 44.1 Å². The van der Waals surface area contributed by atoms with Gasteiger partial charge >= 0.3 is 0 Å². The molecular weight excluding hydrogens is 256 g/mol. The van der Waals surface area contributed by atoms with Crippen molar-refractivity contribution in [2.75, 3.05) is 37.7 Å². The Hall–Kier alpha value is -1.00. The van der Waals surface area contributed by atoms with E-state index in [2.05, 4.69) is 34.5 Å². The van der Waals surface area contributed by atoms with Crippen molar-refractivity contribution in [1.29, 1.82) is 0 Å². The van der Waals surface area contributed by atoms with E-state index in [1.165, 1.54) is 5.56 Å². The fourth-order valence-corrected chi connectivity index (χ4v) is 3.77. The second kappa shape index (κ2) is 5.55. The van der Waals surface area contributed by atoms with Crippen molar-refractivity contribution in [2.24, 2.45) is 5.41 Å². The lowest BCUT2D eigenvalue weighted by Gasteiger charge is -2.45. The molecule has 1 amide bonds. The molecule has 1 N–H and O–H groups in total. The average Bonchev–Trinajstić information content (AvgIpc) is 2.44. The highest BCUT2D eigenvalue weighted by Gasteiger charge is 2.46. The smallest absolute Gasteiger partial charge is 0.231 e. The minimum atomic E-state index is -0.191. The third kappa shape index (κ3) is 2.65. The number of rotatable bonds is 3. The third-order valence-corrected chi connectivity index (χ3v) is 5.01. The Labute approximate surface area is 118 Å². The highest BCUT2D eigenvalue weighted by molar-refractivity contribution is 7.99. The van der Waals surface area contributed by atoms with Crippen LogP contribution in [0.4, 0.5) is 0 Å². The number of amides is 1. The van der Waals surface area contributed by atoms with Crippen LogP contribution in [0.25, 0.3) is 0 Å². The Balaban J connectivity index is 1.73. The molecule has 102 valence electrons. The zero-order chi connectivity index (χ0) is 13.1. The van der Waals surface area contributed by atoms with Gasteiger partial charge in [-0.25, -0.2) is 0 Å². The second-order valence-electron chi connectivity index (χ2n) is 5.45. The van der Waals surface area contributed by atoms with Crippen LogP contribution in [-0.2, 0) is 11.2 Å². The van der Waals surface area contributed by atoms with Crippen LogP contribution < -0.4 is 5.32 Å². The minimum absolute atomic E-state index is 0.191. The first-order valence-electron chi connectivity index (χ1n) is 6.92. The van der Waals surface area contributed by atoms with Gasteiger partial charge in [0.2, 0.25) is 5.91 Å². The lowest BCUT2D eigenvalue weighted by molar-refractivity contribution is -0.144. The highest BCUT2D eigenvalue weighted by atomic mass is 32.2. The molecule has 19 heavy (non-hydrogen) atoms. The zero-order valence-electron chi connectivity index (χ0n) is 11.1. The molecule has 3 rings (SSSR count). The predicted molar refractivity (Wildman–Crippen MR) is 79.4 cm³/mol. The molecule has 3 nitrogen and oxygen atoms in total. The summed E-state index contributed by atoms with van der Waals surface area (Å²) in [7, 11) is 0. The summed E-state index contributed by atoms with van der Waals surface area (Å²) < 4.78 is 0.